The molecule has 0 bridgehead atoms. The molecule has 2 aromatic rings. The van der Waals surface area contributed by atoms with Gasteiger partial charge in [0.15, 0.2) is 0 Å². The van der Waals surface area contributed by atoms with Crippen molar-refractivity contribution in [3.8, 4) is 0 Å². The van der Waals surface area contributed by atoms with Crippen LogP contribution in [-0.2, 0) is 9.48 Å². The lowest BCUT2D eigenvalue weighted by Crippen LogP contribution is -2.44. The molecule has 134 valence electrons. The first kappa shape index (κ1) is 16.7. The van der Waals surface area contributed by atoms with E-state index in [4.69, 9.17) is 9.72 Å². The predicted molar refractivity (Wildman–Crippen MR) is 103 cm³/mol. The van der Waals surface area contributed by atoms with E-state index in [0.29, 0.717) is 6.04 Å². The zero-order chi connectivity index (χ0) is 17.4. The fraction of sp³-hybridized carbons (Fsp3) is 0.556. The van der Waals surface area contributed by atoms with Gasteiger partial charge in [-0.1, -0.05) is 0 Å². The number of ether oxygens (including phenoxy) is 1. The minimum absolute atomic E-state index is 0.252. The average Bonchev–Trinajstić information content (AvgIpc) is 3.25. The van der Waals surface area contributed by atoms with Crippen molar-refractivity contribution in [3.63, 3.8) is 0 Å². The first-order chi connectivity index (χ1) is 12.1. The van der Waals surface area contributed by atoms with Crippen LogP contribution in [0.15, 0.2) is 18.3 Å². The summed E-state index contributed by atoms with van der Waals surface area (Å²) in [6.45, 7) is 6.76. The topological polar surface area (TPSA) is 66.1 Å². The molecular weight excluding hydrogens is 334 g/mol. The van der Waals surface area contributed by atoms with Crippen LogP contribution in [0.25, 0.3) is 0 Å². The molecule has 6 nitrogen and oxygen atoms in total. The summed E-state index contributed by atoms with van der Waals surface area (Å²) in [6, 6.07) is 4.56. The van der Waals surface area contributed by atoms with Gasteiger partial charge < -0.3 is 15.0 Å². The van der Waals surface area contributed by atoms with Crippen LogP contribution >= 0.6 is 11.8 Å². The fourth-order valence-electron chi connectivity index (χ4n) is 3.56. The van der Waals surface area contributed by atoms with Gasteiger partial charge in [-0.3, -0.25) is 5.10 Å². The van der Waals surface area contributed by atoms with Gasteiger partial charge in [-0.25, -0.2) is 4.98 Å². The third kappa shape index (κ3) is 3.11. The molecule has 0 radical (unpaired) electrons. The van der Waals surface area contributed by atoms with E-state index in [9.17, 15) is 0 Å². The molecule has 7 heteroatoms. The number of aromatic amines is 1. The number of aromatic nitrogens is 3. The van der Waals surface area contributed by atoms with Crippen molar-refractivity contribution in [1.29, 1.82) is 0 Å². The highest BCUT2D eigenvalue weighted by Gasteiger charge is 2.45. The molecule has 0 amide bonds. The molecule has 2 aliphatic rings. The van der Waals surface area contributed by atoms with Crippen molar-refractivity contribution in [2.75, 3.05) is 36.2 Å². The van der Waals surface area contributed by atoms with Gasteiger partial charge in [0.2, 0.25) is 0 Å². The zero-order valence-electron chi connectivity index (χ0n) is 15.0. The molecule has 2 N–H and O–H groups in total. The van der Waals surface area contributed by atoms with E-state index in [1.54, 1.807) is 6.20 Å². The number of rotatable bonds is 5. The lowest BCUT2D eigenvalue weighted by molar-refractivity contribution is 0.0985. The van der Waals surface area contributed by atoms with E-state index in [2.05, 4.69) is 46.6 Å². The maximum absolute atomic E-state index is 5.60. The molecule has 1 saturated carbocycles. The number of hydrogen-bond donors (Lipinski definition) is 2. The van der Waals surface area contributed by atoms with Crippen LogP contribution in [-0.4, -0.2) is 47.2 Å². The zero-order valence-corrected chi connectivity index (χ0v) is 15.8. The Bertz CT molecular complexity index is 744. The van der Waals surface area contributed by atoms with Crippen LogP contribution in [0.1, 0.15) is 30.9 Å². The van der Waals surface area contributed by atoms with Crippen LogP contribution in [0.2, 0.25) is 0 Å². The lowest BCUT2D eigenvalue weighted by Gasteiger charge is -2.35. The summed E-state index contributed by atoms with van der Waals surface area (Å²) < 4.78 is 5.85. The summed E-state index contributed by atoms with van der Waals surface area (Å²) in [5, 5.41) is 10.4. The minimum atomic E-state index is 0.252. The van der Waals surface area contributed by atoms with Crippen LogP contribution in [0, 0.1) is 6.92 Å². The number of nitrogens with zero attached hydrogens (tertiary/aromatic N) is 3. The Morgan fingerprint density at radius 3 is 2.92 bits per heavy atom. The molecule has 2 fully saturated rings. The van der Waals surface area contributed by atoms with Gasteiger partial charge in [-0.2, -0.15) is 16.9 Å². The summed E-state index contributed by atoms with van der Waals surface area (Å²) in [5.74, 6) is 2.82. The molecule has 4 rings (SSSR count). The van der Waals surface area contributed by atoms with Gasteiger partial charge in [-0.05, 0) is 50.1 Å². The fourth-order valence-corrected chi connectivity index (χ4v) is 4.50. The smallest absolute Gasteiger partial charge is 0.137 e. The Morgan fingerprint density at radius 2 is 2.28 bits per heavy atom. The largest absolute Gasteiger partial charge is 0.377 e. The minimum Gasteiger partial charge on any atom is -0.377 e. The average molecular weight is 359 g/mol. The Kier molecular flexibility index (Phi) is 4.37. The number of thioether (sulfide) groups is 1. The van der Waals surface area contributed by atoms with E-state index in [1.807, 2.05) is 17.8 Å². The number of pyridine rings is 1. The molecule has 1 aliphatic heterocycles. The molecule has 1 aliphatic carbocycles. The standard InChI is InChI=1S/C18H25N5OS/c1-12-11-24-9-8-23(12)16-10-14(18(25-3)5-6-18)13(2)17(21-16)20-15-4-7-19-22-15/h4,7,10,12H,5-6,8-9,11H2,1-3H3,(H2,19,20,21,22)/t12-/m1/s1. The van der Waals surface area contributed by atoms with Gasteiger partial charge >= 0.3 is 0 Å². The second kappa shape index (κ2) is 6.53. The number of H-pyrrole nitrogens is 1. The Hall–Kier alpha value is -1.73. The Labute approximate surface area is 152 Å². The highest BCUT2D eigenvalue weighted by atomic mass is 32.2. The van der Waals surface area contributed by atoms with Crippen LogP contribution in [0.4, 0.5) is 17.5 Å². The summed E-state index contributed by atoms with van der Waals surface area (Å²) in [4.78, 5) is 7.32. The monoisotopic (exact) mass is 359 g/mol. The molecule has 1 atom stereocenters. The van der Waals surface area contributed by atoms with E-state index in [1.165, 1.54) is 24.0 Å². The molecule has 0 unspecified atom stereocenters. The van der Waals surface area contributed by atoms with E-state index in [0.717, 1.165) is 37.2 Å². The number of morpholine rings is 1. The van der Waals surface area contributed by atoms with Crippen molar-refractivity contribution in [1.82, 2.24) is 15.2 Å². The Balaban J connectivity index is 1.77. The number of anilines is 3. The van der Waals surface area contributed by atoms with Gasteiger partial charge in [0.25, 0.3) is 0 Å². The van der Waals surface area contributed by atoms with Crippen molar-refractivity contribution in [3.05, 3.63) is 29.5 Å². The summed E-state index contributed by atoms with van der Waals surface area (Å²) in [7, 11) is 0. The quantitative estimate of drug-likeness (QED) is 0.853. The lowest BCUT2D eigenvalue weighted by atomic mass is 10.0. The van der Waals surface area contributed by atoms with E-state index >= 15 is 0 Å². The molecule has 0 aromatic carbocycles. The predicted octanol–water partition coefficient (Wildman–Crippen LogP) is 3.43. The maximum Gasteiger partial charge on any atom is 0.137 e. The first-order valence-electron chi connectivity index (χ1n) is 8.81. The van der Waals surface area contributed by atoms with E-state index < -0.39 is 0 Å². The normalized spacial score (nSPS) is 22.0. The van der Waals surface area contributed by atoms with Crippen molar-refractivity contribution in [2.24, 2.45) is 0 Å². The summed E-state index contributed by atoms with van der Waals surface area (Å²) in [6.07, 6.45) is 6.43. The highest BCUT2D eigenvalue weighted by Crippen LogP contribution is 2.57. The number of hydrogen-bond acceptors (Lipinski definition) is 6. The first-order valence-corrected chi connectivity index (χ1v) is 10.0. The third-order valence-electron chi connectivity index (χ3n) is 5.26. The molecular formula is C18H25N5OS. The maximum atomic E-state index is 5.60. The summed E-state index contributed by atoms with van der Waals surface area (Å²) >= 11 is 1.96. The SMILES string of the molecule is CSC1(c2cc(N3CCOC[C@H]3C)nc(Nc3ccn[nH]3)c2C)CC1. The molecule has 25 heavy (non-hydrogen) atoms. The van der Waals surface area contributed by atoms with Crippen LogP contribution < -0.4 is 10.2 Å². The van der Waals surface area contributed by atoms with Crippen molar-refractivity contribution in [2.45, 2.75) is 37.5 Å². The van der Waals surface area contributed by atoms with Crippen molar-refractivity contribution >= 4 is 29.2 Å². The van der Waals surface area contributed by atoms with Gasteiger partial charge in [0, 0.05) is 17.4 Å². The Morgan fingerprint density at radius 1 is 1.44 bits per heavy atom. The molecule has 1 saturated heterocycles. The molecule has 2 aromatic heterocycles. The molecule has 0 spiro atoms. The van der Waals surface area contributed by atoms with Crippen molar-refractivity contribution < 1.29 is 4.74 Å². The highest BCUT2D eigenvalue weighted by molar-refractivity contribution is 7.99. The molecule has 3 heterocycles. The van der Waals surface area contributed by atoms with E-state index in [-0.39, 0.29) is 4.75 Å². The number of nitrogens with one attached hydrogen (secondary N) is 2. The van der Waals surface area contributed by atoms with Gasteiger partial charge in [0.05, 0.1) is 25.5 Å². The van der Waals surface area contributed by atoms with Gasteiger partial charge in [0.1, 0.15) is 17.5 Å². The van der Waals surface area contributed by atoms with Gasteiger partial charge in [-0.15, -0.1) is 0 Å². The second-order valence-corrected chi connectivity index (χ2v) is 8.10. The van der Waals surface area contributed by atoms with Crippen LogP contribution in [0.3, 0.4) is 0 Å². The summed E-state index contributed by atoms with van der Waals surface area (Å²) in [5.41, 5.74) is 2.64. The third-order valence-corrected chi connectivity index (χ3v) is 6.67. The van der Waals surface area contributed by atoms with Crippen LogP contribution in [0.5, 0.6) is 0 Å². The second-order valence-electron chi connectivity index (χ2n) is 6.91.